The van der Waals surface area contributed by atoms with Gasteiger partial charge in [-0.2, -0.15) is 13.2 Å². The molecule has 28 heavy (non-hydrogen) atoms. The Bertz CT molecular complexity index is 973. The molecule has 0 amide bonds. The fourth-order valence-electron chi connectivity index (χ4n) is 3.34. The van der Waals surface area contributed by atoms with Gasteiger partial charge in [-0.25, -0.2) is 4.79 Å². The van der Waals surface area contributed by atoms with Crippen LogP contribution in [0.4, 0.5) is 13.2 Å². The third-order valence-corrected chi connectivity index (χ3v) is 4.65. The molecule has 0 radical (unpaired) electrons. The summed E-state index contributed by atoms with van der Waals surface area (Å²) in [7, 11) is 1.53. The molecule has 1 unspecified atom stereocenters. The predicted molar refractivity (Wildman–Crippen MR) is 99.0 cm³/mol. The Kier molecular flexibility index (Phi) is 5.06. The second-order valence-corrected chi connectivity index (χ2v) is 6.90. The number of carboxylic acid groups (broad SMARTS) is 1. The van der Waals surface area contributed by atoms with E-state index < -0.39 is 23.8 Å². The number of ether oxygens (including phenoxy) is 2. The largest absolute Gasteiger partial charge is 0.496 e. The van der Waals surface area contributed by atoms with Crippen LogP contribution in [0.3, 0.4) is 0 Å². The molecule has 1 N–H and O–H groups in total. The molecule has 8 heteroatoms. The quantitative estimate of drug-likeness (QED) is 0.731. The van der Waals surface area contributed by atoms with Crippen molar-refractivity contribution in [2.45, 2.75) is 26.1 Å². The number of fused-ring (bicyclic) bond motifs is 1. The van der Waals surface area contributed by atoms with Gasteiger partial charge in [0.15, 0.2) is 0 Å². The van der Waals surface area contributed by atoms with Crippen molar-refractivity contribution in [2.24, 2.45) is 0 Å². The topological polar surface area (TPSA) is 55.8 Å². The molecule has 1 aliphatic rings. The van der Waals surface area contributed by atoms with Gasteiger partial charge in [0.25, 0.3) is 0 Å². The SMILES string of the molecule is COc1c(C)cc(-c2cc(Cl)cc3c2OC(C(F)(F)F)C(C(=O)O)=C3)cc1C. The lowest BCUT2D eigenvalue weighted by molar-refractivity contribution is -0.187. The zero-order valence-electron chi connectivity index (χ0n) is 15.1. The molecule has 0 saturated carbocycles. The number of carboxylic acids is 1. The molecule has 0 bridgehead atoms. The average molecular weight is 413 g/mol. The summed E-state index contributed by atoms with van der Waals surface area (Å²) in [5.41, 5.74) is 1.78. The number of aliphatic carboxylic acids is 1. The summed E-state index contributed by atoms with van der Waals surface area (Å²) in [6.07, 6.45) is -6.50. The lowest BCUT2D eigenvalue weighted by Gasteiger charge is -2.29. The van der Waals surface area contributed by atoms with Crippen LogP contribution in [0.1, 0.15) is 16.7 Å². The highest BCUT2D eigenvalue weighted by atomic mass is 35.5. The smallest absolute Gasteiger partial charge is 0.430 e. The summed E-state index contributed by atoms with van der Waals surface area (Å²) in [5, 5.41) is 9.43. The Morgan fingerprint density at radius 2 is 1.79 bits per heavy atom. The van der Waals surface area contributed by atoms with Crippen molar-refractivity contribution in [1.29, 1.82) is 0 Å². The lowest BCUT2D eigenvalue weighted by atomic mass is 9.94. The van der Waals surface area contributed by atoms with E-state index in [2.05, 4.69) is 0 Å². The number of alkyl halides is 3. The molecule has 4 nitrogen and oxygen atoms in total. The summed E-state index contributed by atoms with van der Waals surface area (Å²) >= 11 is 6.14. The first-order valence-corrected chi connectivity index (χ1v) is 8.58. The van der Waals surface area contributed by atoms with Gasteiger partial charge in [0.05, 0.1) is 12.7 Å². The highest BCUT2D eigenvalue weighted by Crippen LogP contribution is 2.45. The Morgan fingerprint density at radius 1 is 1.18 bits per heavy atom. The van der Waals surface area contributed by atoms with E-state index in [-0.39, 0.29) is 16.3 Å². The minimum absolute atomic E-state index is 0.0688. The van der Waals surface area contributed by atoms with Crippen LogP contribution in [-0.2, 0) is 4.79 Å². The molecule has 2 aromatic carbocycles. The maximum Gasteiger partial charge on any atom is 0.430 e. The average Bonchev–Trinajstić information content (AvgIpc) is 2.58. The molecule has 0 fully saturated rings. The Labute approximate surface area is 164 Å². The number of halogens is 4. The molecule has 0 spiro atoms. The number of rotatable bonds is 3. The number of aryl methyl sites for hydroxylation is 2. The molecule has 2 aromatic rings. The van der Waals surface area contributed by atoms with Crippen molar-refractivity contribution >= 4 is 23.6 Å². The van der Waals surface area contributed by atoms with Crippen LogP contribution in [0.2, 0.25) is 5.02 Å². The zero-order chi connectivity index (χ0) is 20.8. The van der Waals surface area contributed by atoms with Crippen LogP contribution >= 0.6 is 11.6 Å². The van der Waals surface area contributed by atoms with Gasteiger partial charge < -0.3 is 14.6 Å². The van der Waals surface area contributed by atoms with Gasteiger partial charge in [-0.1, -0.05) is 11.6 Å². The van der Waals surface area contributed by atoms with Crippen LogP contribution < -0.4 is 9.47 Å². The normalized spacial score (nSPS) is 16.1. The molecule has 3 rings (SSSR count). The first-order valence-electron chi connectivity index (χ1n) is 8.20. The molecule has 1 heterocycles. The first kappa shape index (κ1) is 20.1. The van der Waals surface area contributed by atoms with E-state index in [0.717, 1.165) is 17.2 Å². The van der Waals surface area contributed by atoms with E-state index in [1.54, 1.807) is 12.1 Å². The molecule has 1 atom stereocenters. The fraction of sp³-hybridized carbons (Fsp3) is 0.250. The molecule has 0 saturated heterocycles. The Morgan fingerprint density at radius 3 is 2.29 bits per heavy atom. The molecule has 0 aromatic heterocycles. The van der Waals surface area contributed by atoms with Gasteiger partial charge in [0.2, 0.25) is 6.10 Å². The minimum atomic E-state index is -4.88. The fourth-order valence-corrected chi connectivity index (χ4v) is 3.56. The standard InChI is InChI=1S/C20H16ClF3O4/c1-9-4-11(5-10(2)16(9)27-3)14-8-13(21)6-12-7-15(19(25)26)18(20(22,23)24)28-17(12)14/h4-8,18H,1-3H3,(H,25,26). The second-order valence-electron chi connectivity index (χ2n) is 6.46. The monoisotopic (exact) mass is 412 g/mol. The van der Waals surface area contributed by atoms with E-state index >= 15 is 0 Å². The van der Waals surface area contributed by atoms with Crippen LogP contribution in [0.15, 0.2) is 29.8 Å². The molecule has 1 aliphatic heterocycles. The van der Waals surface area contributed by atoms with Crippen molar-refractivity contribution < 1.29 is 32.5 Å². The highest BCUT2D eigenvalue weighted by Gasteiger charge is 2.48. The van der Waals surface area contributed by atoms with Crippen LogP contribution in [0, 0.1) is 13.8 Å². The van der Waals surface area contributed by atoms with E-state index in [0.29, 0.717) is 16.9 Å². The third-order valence-electron chi connectivity index (χ3n) is 4.43. The zero-order valence-corrected chi connectivity index (χ0v) is 15.9. The van der Waals surface area contributed by atoms with Crippen molar-refractivity contribution in [3.8, 4) is 22.6 Å². The van der Waals surface area contributed by atoms with Crippen LogP contribution in [0.25, 0.3) is 17.2 Å². The highest BCUT2D eigenvalue weighted by molar-refractivity contribution is 6.31. The maximum absolute atomic E-state index is 13.4. The summed E-state index contributed by atoms with van der Waals surface area (Å²) in [4.78, 5) is 11.3. The van der Waals surface area contributed by atoms with E-state index in [4.69, 9.17) is 21.1 Å². The summed E-state index contributed by atoms with van der Waals surface area (Å²) in [6, 6.07) is 6.37. The predicted octanol–water partition coefficient (Wildman–Crippen LogP) is 5.42. The summed E-state index contributed by atoms with van der Waals surface area (Å²) in [6.45, 7) is 3.63. The number of hydrogen-bond donors (Lipinski definition) is 1. The summed E-state index contributed by atoms with van der Waals surface area (Å²) < 4.78 is 50.8. The van der Waals surface area contributed by atoms with Gasteiger partial charge >= 0.3 is 12.1 Å². The summed E-state index contributed by atoms with van der Waals surface area (Å²) in [5.74, 6) is -1.10. The van der Waals surface area contributed by atoms with Crippen LogP contribution in [0.5, 0.6) is 11.5 Å². The molecular weight excluding hydrogens is 397 g/mol. The van der Waals surface area contributed by atoms with Gasteiger partial charge in [-0.15, -0.1) is 0 Å². The van der Waals surface area contributed by atoms with Gasteiger partial charge in [-0.05, 0) is 60.9 Å². The second kappa shape index (κ2) is 7.05. The van der Waals surface area contributed by atoms with Gasteiger partial charge in [0, 0.05) is 16.1 Å². The molecule has 148 valence electrons. The molecule has 0 aliphatic carbocycles. The van der Waals surface area contributed by atoms with Crippen molar-refractivity contribution in [3.63, 3.8) is 0 Å². The third kappa shape index (κ3) is 3.54. The first-order chi connectivity index (χ1) is 13.0. The lowest BCUT2D eigenvalue weighted by Crippen LogP contribution is -2.40. The minimum Gasteiger partial charge on any atom is -0.496 e. The number of carbonyl (C=O) groups is 1. The van der Waals surface area contributed by atoms with Crippen molar-refractivity contribution in [2.75, 3.05) is 7.11 Å². The van der Waals surface area contributed by atoms with E-state index in [9.17, 15) is 23.1 Å². The Balaban J connectivity index is 2.25. The molecular formula is C20H16ClF3O4. The Hall–Kier alpha value is -2.67. The van der Waals surface area contributed by atoms with Crippen molar-refractivity contribution in [3.05, 3.63) is 51.6 Å². The van der Waals surface area contributed by atoms with E-state index in [1.165, 1.54) is 19.2 Å². The van der Waals surface area contributed by atoms with Gasteiger partial charge in [0.1, 0.15) is 11.5 Å². The van der Waals surface area contributed by atoms with Crippen LogP contribution in [-0.4, -0.2) is 30.5 Å². The van der Waals surface area contributed by atoms with Gasteiger partial charge in [-0.3, -0.25) is 0 Å². The number of methoxy groups -OCH3 is 1. The van der Waals surface area contributed by atoms with Crippen molar-refractivity contribution in [1.82, 2.24) is 0 Å². The number of benzene rings is 2. The maximum atomic E-state index is 13.4. The number of hydrogen-bond acceptors (Lipinski definition) is 3. The van der Waals surface area contributed by atoms with E-state index in [1.807, 2.05) is 13.8 Å².